The van der Waals surface area contributed by atoms with E-state index in [0.29, 0.717) is 35.7 Å². The molecule has 3 N–H and O–H groups in total. The van der Waals surface area contributed by atoms with E-state index in [4.69, 9.17) is 4.98 Å². The zero-order valence-electron chi connectivity index (χ0n) is 18.2. The summed E-state index contributed by atoms with van der Waals surface area (Å²) < 4.78 is 0. The van der Waals surface area contributed by atoms with Crippen molar-refractivity contribution in [3.05, 3.63) is 70.4 Å². The lowest BCUT2D eigenvalue weighted by atomic mass is 9.86. The first-order valence-electron chi connectivity index (χ1n) is 10.6. The van der Waals surface area contributed by atoms with Crippen molar-refractivity contribution in [2.24, 2.45) is 0 Å². The maximum Gasteiger partial charge on any atom is 0.261 e. The molecular weight excluding hydrogens is 404 g/mol. The third-order valence-electron chi connectivity index (χ3n) is 6.06. The Morgan fingerprint density at radius 1 is 1.19 bits per heavy atom. The smallest absolute Gasteiger partial charge is 0.261 e. The number of pyridine rings is 2. The number of fused-ring (bicyclic) bond motifs is 2. The van der Waals surface area contributed by atoms with Crippen molar-refractivity contribution in [2.45, 2.75) is 32.7 Å². The molecule has 0 bridgehead atoms. The van der Waals surface area contributed by atoms with Crippen LogP contribution in [0.2, 0.25) is 0 Å². The van der Waals surface area contributed by atoms with Crippen LogP contribution in [0.1, 0.15) is 31.9 Å². The van der Waals surface area contributed by atoms with Gasteiger partial charge in [0.25, 0.3) is 5.56 Å². The minimum absolute atomic E-state index is 0.0873. The largest absolute Gasteiger partial charge is 0.380 e. The minimum Gasteiger partial charge on any atom is -0.380 e. The summed E-state index contributed by atoms with van der Waals surface area (Å²) in [5.41, 5.74) is 4.62. The van der Waals surface area contributed by atoms with Gasteiger partial charge < -0.3 is 20.2 Å². The number of nitrogens with zero attached hydrogens (tertiary/aromatic N) is 3. The topological polar surface area (TPSA) is 107 Å². The average molecular weight is 428 g/mol. The first-order valence-corrected chi connectivity index (χ1v) is 10.6. The number of imidazole rings is 1. The number of aromatic amines is 2. The fraction of sp³-hybridized carbons (Fsp3) is 0.250. The minimum atomic E-state index is -0.606. The number of benzene rings is 1. The molecule has 1 aromatic carbocycles. The molecule has 3 aromatic heterocycles. The number of likely N-dealkylation sites (N-methyl/N-ethyl adjacent to an activating group) is 1. The van der Waals surface area contributed by atoms with Crippen molar-refractivity contribution in [2.75, 3.05) is 16.8 Å². The number of nitrogens with one attached hydrogen (secondary N) is 3. The van der Waals surface area contributed by atoms with Crippen LogP contribution in [0.3, 0.4) is 0 Å². The zero-order chi connectivity index (χ0) is 22.5. The lowest BCUT2D eigenvalue weighted by Crippen LogP contribution is -2.35. The molecular formula is C24H24N6O2. The second kappa shape index (κ2) is 7.33. The first kappa shape index (κ1) is 20.0. The Hall–Kier alpha value is -3.94. The third-order valence-corrected chi connectivity index (χ3v) is 6.06. The molecule has 1 aliphatic rings. The van der Waals surface area contributed by atoms with Crippen LogP contribution in [0.15, 0.2) is 53.7 Å². The van der Waals surface area contributed by atoms with E-state index in [9.17, 15) is 9.59 Å². The summed E-state index contributed by atoms with van der Waals surface area (Å²) in [7, 11) is 0. The van der Waals surface area contributed by atoms with Gasteiger partial charge in [0.05, 0.1) is 27.8 Å². The van der Waals surface area contributed by atoms with Crippen LogP contribution in [0, 0.1) is 0 Å². The Morgan fingerprint density at radius 2 is 2.03 bits per heavy atom. The van der Waals surface area contributed by atoms with Crippen molar-refractivity contribution in [1.29, 1.82) is 0 Å². The summed E-state index contributed by atoms with van der Waals surface area (Å²) in [6.45, 7) is 6.97. The Kier molecular flexibility index (Phi) is 4.58. The third kappa shape index (κ3) is 3.07. The van der Waals surface area contributed by atoms with Gasteiger partial charge in [-0.25, -0.2) is 4.98 Å². The van der Waals surface area contributed by atoms with Gasteiger partial charge in [0.2, 0.25) is 5.91 Å². The number of rotatable bonds is 5. The Balaban J connectivity index is 1.58. The molecule has 1 aliphatic heterocycles. The van der Waals surface area contributed by atoms with Crippen molar-refractivity contribution >= 4 is 28.3 Å². The number of hydrogen-bond acceptors (Lipinski definition) is 5. The highest BCUT2D eigenvalue weighted by molar-refractivity contribution is 6.09. The van der Waals surface area contributed by atoms with Crippen molar-refractivity contribution in [3.8, 4) is 11.4 Å². The van der Waals surface area contributed by atoms with Gasteiger partial charge in [0, 0.05) is 31.7 Å². The molecule has 1 amide bonds. The highest BCUT2D eigenvalue weighted by Gasteiger charge is 2.43. The van der Waals surface area contributed by atoms with E-state index >= 15 is 0 Å². The molecule has 8 heteroatoms. The van der Waals surface area contributed by atoms with Crippen LogP contribution in [-0.4, -0.2) is 32.4 Å². The lowest BCUT2D eigenvalue weighted by molar-refractivity contribution is -0.122. The normalized spacial score (nSPS) is 14.7. The fourth-order valence-electron chi connectivity index (χ4n) is 4.32. The van der Waals surface area contributed by atoms with Crippen LogP contribution in [-0.2, 0) is 16.8 Å². The standard InChI is InChI=1S/C24H24N6O2/c1-4-30-19-11-18-17(10-15(19)24(2,3)23(30)32)28-21(29-18)20-16(7-9-26-22(20)31)27-13-14-6-5-8-25-12-14/h5-12H,4,13H2,1-3H3,(H,28,29)(H2,26,27,31). The zero-order valence-corrected chi connectivity index (χ0v) is 18.2. The lowest BCUT2D eigenvalue weighted by Gasteiger charge is -2.18. The van der Waals surface area contributed by atoms with E-state index in [1.54, 1.807) is 23.5 Å². The highest BCUT2D eigenvalue weighted by atomic mass is 16.2. The molecule has 5 rings (SSSR count). The molecule has 32 heavy (non-hydrogen) atoms. The first-order chi connectivity index (χ1) is 15.4. The highest BCUT2D eigenvalue weighted by Crippen LogP contribution is 2.43. The SMILES string of the molecule is CCN1C(=O)C(C)(C)c2cc3[nH]c(-c4c(NCc5cccnc5)cc[nH]c4=O)nc3cc21. The Labute approximate surface area is 184 Å². The van der Waals surface area contributed by atoms with Crippen LogP contribution < -0.4 is 15.8 Å². The van der Waals surface area contributed by atoms with Gasteiger partial charge in [-0.1, -0.05) is 6.07 Å². The number of aromatic nitrogens is 4. The second-order valence-corrected chi connectivity index (χ2v) is 8.46. The molecule has 0 spiro atoms. The van der Waals surface area contributed by atoms with Crippen molar-refractivity contribution in [3.63, 3.8) is 0 Å². The van der Waals surface area contributed by atoms with Crippen LogP contribution in [0.4, 0.5) is 11.4 Å². The molecule has 0 atom stereocenters. The molecule has 0 radical (unpaired) electrons. The van der Waals surface area contributed by atoms with Crippen molar-refractivity contribution < 1.29 is 4.79 Å². The summed E-state index contributed by atoms with van der Waals surface area (Å²) >= 11 is 0. The maximum absolute atomic E-state index is 12.8. The van der Waals surface area contributed by atoms with Gasteiger partial charge in [0.1, 0.15) is 11.4 Å². The summed E-state index contributed by atoms with van der Waals surface area (Å²) in [4.78, 5) is 42.2. The fourth-order valence-corrected chi connectivity index (χ4v) is 4.32. The number of hydrogen-bond donors (Lipinski definition) is 3. The molecule has 162 valence electrons. The molecule has 0 fully saturated rings. The van der Waals surface area contributed by atoms with Crippen LogP contribution >= 0.6 is 0 Å². The van der Waals surface area contributed by atoms with E-state index in [0.717, 1.165) is 22.3 Å². The molecule has 4 aromatic rings. The number of carbonyl (C=O) groups excluding carboxylic acids is 1. The van der Waals surface area contributed by atoms with Crippen molar-refractivity contribution in [1.82, 2.24) is 19.9 Å². The Bertz CT molecular complexity index is 1390. The molecule has 0 saturated heterocycles. The monoisotopic (exact) mass is 428 g/mol. The molecule has 0 saturated carbocycles. The quantitative estimate of drug-likeness (QED) is 0.451. The summed E-state index contributed by atoms with van der Waals surface area (Å²) in [6, 6.07) is 9.58. The number of H-pyrrole nitrogens is 2. The molecule has 0 aliphatic carbocycles. The van der Waals surface area contributed by atoms with Gasteiger partial charge in [0.15, 0.2) is 0 Å². The van der Waals surface area contributed by atoms with Crippen LogP contribution in [0.25, 0.3) is 22.4 Å². The van der Waals surface area contributed by atoms with Gasteiger partial charge in [-0.15, -0.1) is 0 Å². The molecule has 4 heterocycles. The molecule has 0 unspecified atom stereocenters. The number of amides is 1. The van der Waals surface area contributed by atoms with E-state index in [1.807, 2.05) is 51.1 Å². The van der Waals surface area contributed by atoms with E-state index in [2.05, 4.69) is 20.3 Å². The number of anilines is 2. The predicted octanol–water partition coefficient (Wildman–Crippen LogP) is 3.57. The van der Waals surface area contributed by atoms with E-state index < -0.39 is 5.41 Å². The summed E-state index contributed by atoms with van der Waals surface area (Å²) in [5.74, 6) is 0.565. The molecule has 8 nitrogen and oxygen atoms in total. The summed E-state index contributed by atoms with van der Waals surface area (Å²) in [6.07, 6.45) is 5.12. The summed E-state index contributed by atoms with van der Waals surface area (Å²) in [5, 5.41) is 3.32. The van der Waals surface area contributed by atoms with Crippen LogP contribution in [0.5, 0.6) is 0 Å². The second-order valence-electron chi connectivity index (χ2n) is 8.46. The predicted molar refractivity (Wildman–Crippen MR) is 125 cm³/mol. The van der Waals surface area contributed by atoms with E-state index in [-0.39, 0.29) is 11.5 Å². The average Bonchev–Trinajstić information content (AvgIpc) is 3.27. The number of carbonyl (C=O) groups is 1. The van der Waals surface area contributed by atoms with Gasteiger partial charge >= 0.3 is 0 Å². The Morgan fingerprint density at radius 3 is 2.78 bits per heavy atom. The van der Waals surface area contributed by atoms with Gasteiger partial charge in [-0.2, -0.15) is 0 Å². The van der Waals surface area contributed by atoms with E-state index in [1.165, 1.54) is 0 Å². The maximum atomic E-state index is 12.8. The van der Waals surface area contributed by atoms with Gasteiger partial charge in [-0.3, -0.25) is 14.6 Å². The van der Waals surface area contributed by atoms with Gasteiger partial charge in [-0.05, 0) is 56.2 Å².